The van der Waals surface area contributed by atoms with E-state index in [1.807, 2.05) is 36.4 Å². The molecule has 0 radical (unpaired) electrons. The third kappa shape index (κ3) is 5.05. The van der Waals surface area contributed by atoms with Crippen LogP contribution in [-0.2, 0) is 11.3 Å². The van der Waals surface area contributed by atoms with Gasteiger partial charge in [0, 0.05) is 16.7 Å². The average Bonchev–Trinajstić information content (AvgIpc) is 2.94. The van der Waals surface area contributed by atoms with Gasteiger partial charge in [-0.2, -0.15) is 0 Å². The molecule has 0 bridgehead atoms. The number of hydrogen-bond acceptors (Lipinski definition) is 6. The van der Waals surface area contributed by atoms with Crippen molar-refractivity contribution in [2.75, 3.05) is 25.0 Å². The van der Waals surface area contributed by atoms with E-state index in [0.29, 0.717) is 28.4 Å². The molecule has 0 saturated carbocycles. The van der Waals surface area contributed by atoms with Crippen LogP contribution in [0.25, 0.3) is 0 Å². The SMILES string of the molecule is CC1(C)CNC(=O)c2sc(Nc3ccc(I)cc3F)c(C(=O)NOCCN)c2C1. The number of hydroxylamine groups is 1. The van der Waals surface area contributed by atoms with Crippen molar-refractivity contribution in [2.45, 2.75) is 20.3 Å². The van der Waals surface area contributed by atoms with Crippen LogP contribution in [0.5, 0.6) is 0 Å². The van der Waals surface area contributed by atoms with E-state index in [1.165, 1.54) is 6.07 Å². The first-order chi connectivity index (χ1) is 13.7. The zero-order valence-electron chi connectivity index (χ0n) is 16.0. The molecule has 1 aromatic heterocycles. The number of nitrogens with one attached hydrogen (secondary N) is 3. The topological polar surface area (TPSA) is 105 Å². The first-order valence-corrected chi connectivity index (χ1v) is 10.9. The Balaban J connectivity index is 2.06. The van der Waals surface area contributed by atoms with E-state index >= 15 is 0 Å². The Hall–Kier alpha value is -1.76. The summed E-state index contributed by atoms with van der Waals surface area (Å²) in [6, 6.07) is 4.74. The fourth-order valence-electron chi connectivity index (χ4n) is 3.03. The molecule has 1 aromatic carbocycles. The predicted octanol–water partition coefficient (Wildman–Crippen LogP) is 3.17. The summed E-state index contributed by atoms with van der Waals surface area (Å²) >= 11 is 3.15. The highest BCUT2D eigenvalue weighted by Crippen LogP contribution is 2.40. The van der Waals surface area contributed by atoms with Gasteiger partial charge in [0.05, 0.1) is 22.7 Å². The Kier molecular flexibility index (Phi) is 6.76. The molecule has 0 aliphatic carbocycles. The van der Waals surface area contributed by atoms with Crippen LogP contribution in [-0.4, -0.2) is 31.5 Å². The highest BCUT2D eigenvalue weighted by atomic mass is 127. The molecule has 156 valence electrons. The van der Waals surface area contributed by atoms with Gasteiger partial charge in [-0.05, 0) is 58.2 Å². The number of anilines is 2. The summed E-state index contributed by atoms with van der Waals surface area (Å²) in [5.41, 5.74) is 8.64. The summed E-state index contributed by atoms with van der Waals surface area (Å²) in [6.45, 7) is 4.92. The van der Waals surface area contributed by atoms with E-state index in [-0.39, 0.29) is 35.7 Å². The lowest BCUT2D eigenvalue weighted by Crippen LogP contribution is -2.32. The zero-order valence-corrected chi connectivity index (χ0v) is 19.0. The number of fused-ring (bicyclic) bond motifs is 1. The molecular formula is C19H22FIN4O3S. The molecule has 3 rings (SSSR count). The largest absolute Gasteiger partial charge is 0.351 e. The monoisotopic (exact) mass is 532 g/mol. The number of nitrogens with two attached hydrogens (primary N) is 1. The van der Waals surface area contributed by atoms with Crippen molar-refractivity contribution in [3.63, 3.8) is 0 Å². The summed E-state index contributed by atoms with van der Waals surface area (Å²) in [4.78, 5) is 31.0. The molecule has 0 atom stereocenters. The third-order valence-corrected chi connectivity index (χ3v) is 6.20. The predicted molar refractivity (Wildman–Crippen MR) is 119 cm³/mol. The second-order valence-corrected chi connectivity index (χ2v) is 9.72. The van der Waals surface area contributed by atoms with Gasteiger partial charge in [0.15, 0.2) is 0 Å². The Labute approximate surface area is 185 Å². The summed E-state index contributed by atoms with van der Waals surface area (Å²) in [5, 5.41) is 6.26. The average molecular weight is 532 g/mol. The van der Waals surface area contributed by atoms with Crippen LogP contribution in [0, 0.1) is 14.8 Å². The van der Waals surface area contributed by atoms with Gasteiger partial charge < -0.3 is 16.4 Å². The summed E-state index contributed by atoms with van der Waals surface area (Å²) < 4.78 is 15.1. The van der Waals surface area contributed by atoms with E-state index in [2.05, 4.69) is 16.1 Å². The number of halogens is 2. The summed E-state index contributed by atoms with van der Waals surface area (Å²) in [6.07, 6.45) is 0.508. The molecule has 0 fully saturated rings. The Bertz CT molecular complexity index is 948. The Morgan fingerprint density at radius 3 is 2.90 bits per heavy atom. The van der Waals surface area contributed by atoms with Crippen molar-refractivity contribution < 1.29 is 18.8 Å². The minimum Gasteiger partial charge on any atom is -0.351 e. The second kappa shape index (κ2) is 8.94. The van der Waals surface area contributed by atoms with Gasteiger partial charge in [-0.15, -0.1) is 11.3 Å². The van der Waals surface area contributed by atoms with Gasteiger partial charge >= 0.3 is 0 Å². The molecule has 5 N–H and O–H groups in total. The summed E-state index contributed by atoms with van der Waals surface area (Å²) in [5.74, 6) is -1.20. The van der Waals surface area contributed by atoms with E-state index < -0.39 is 11.7 Å². The molecule has 2 aromatic rings. The quantitative estimate of drug-likeness (QED) is 0.260. The van der Waals surface area contributed by atoms with Crippen LogP contribution in [0.1, 0.15) is 39.4 Å². The molecular weight excluding hydrogens is 510 g/mol. The molecule has 0 unspecified atom stereocenters. The number of hydrogen-bond donors (Lipinski definition) is 4. The van der Waals surface area contributed by atoms with Crippen molar-refractivity contribution in [2.24, 2.45) is 11.1 Å². The van der Waals surface area contributed by atoms with Crippen LogP contribution in [0.15, 0.2) is 18.2 Å². The van der Waals surface area contributed by atoms with Gasteiger partial charge in [0.1, 0.15) is 10.8 Å². The van der Waals surface area contributed by atoms with Gasteiger partial charge in [-0.3, -0.25) is 14.4 Å². The lowest BCUT2D eigenvalue weighted by Gasteiger charge is -2.22. The zero-order chi connectivity index (χ0) is 21.2. The van der Waals surface area contributed by atoms with Gasteiger partial charge in [0.25, 0.3) is 11.8 Å². The smallest absolute Gasteiger partial charge is 0.278 e. The van der Waals surface area contributed by atoms with Crippen LogP contribution >= 0.6 is 33.9 Å². The van der Waals surface area contributed by atoms with E-state index in [0.717, 1.165) is 14.9 Å². The standard InChI is InChI=1S/C19H22FIN4O3S/c1-19(2)8-11-14(16(26)25-28-6-5-22)18(29-15(11)17(27)23-9-19)24-13-4-3-10(21)7-12(13)20/h3-4,7,24H,5-6,8-9,22H2,1-2H3,(H,23,27)(H,25,26). The minimum atomic E-state index is -0.505. The first kappa shape index (κ1) is 21.9. The highest BCUT2D eigenvalue weighted by Gasteiger charge is 2.34. The maximum Gasteiger partial charge on any atom is 0.278 e. The number of carbonyl (C=O) groups is 2. The van der Waals surface area contributed by atoms with Crippen molar-refractivity contribution in [1.82, 2.24) is 10.8 Å². The fraction of sp³-hybridized carbons (Fsp3) is 0.368. The number of amides is 2. The molecule has 10 heteroatoms. The third-order valence-electron chi connectivity index (χ3n) is 4.39. The molecule has 7 nitrogen and oxygen atoms in total. The Morgan fingerprint density at radius 1 is 1.45 bits per heavy atom. The van der Waals surface area contributed by atoms with E-state index in [4.69, 9.17) is 10.6 Å². The van der Waals surface area contributed by atoms with Crippen LogP contribution in [0.3, 0.4) is 0 Å². The molecule has 2 heterocycles. The maximum atomic E-state index is 14.4. The summed E-state index contributed by atoms with van der Waals surface area (Å²) in [7, 11) is 0. The molecule has 29 heavy (non-hydrogen) atoms. The molecule has 2 amide bonds. The first-order valence-electron chi connectivity index (χ1n) is 9.00. The number of benzene rings is 1. The van der Waals surface area contributed by atoms with Crippen molar-refractivity contribution in [3.05, 3.63) is 43.6 Å². The van der Waals surface area contributed by atoms with Gasteiger partial charge in [-0.25, -0.2) is 9.87 Å². The normalized spacial score (nSPS) is 15.3. The molecule has 0 spiro atoms. The van der Waals surface area contributed by atoms with Crippen molar-refractivity contribution in [1.29, 1.82) is 0 Å². The van der Waals surface area contributed by atoms with Crippen LogP contribution in [0.4, 0.5) is 15.1 Å². The van der Waals surface area contributed by atoms with Crippen LogP contribution in [0.2, 0.25) is 0 Å². The Morgan fingerprint density at radius 2 is 2.21 bits per heavy atom. The van der Waals surface area contributed by atoms with E-state index in [9.17, 15) is 14.0 Å². The van der Waals surface area contributed by atoms with Gasteiger partial charge in [0.2, 0.25) is 0 Å². The maximum absolute atomic E-state index is 14.4. The lowest BCUT2D eigenvalue weighted by molar-refractivity contribution is 0.0343. The number of rotatable bonds is 6. The fourth-order valence-corrected chi connectivity index (χ4v) is 4.62. The number of carbonyl (C=O) groups excluding carboxylic acids is 2. The lowest BCUT2D eigenvalue weighted by atomic mass is 9.85. The molecule has 0 saturated heterocycles. The second-order valence-electron chi connectivity index (χ2n) is 7.46. The van der Waals surface area contributed by atoms with Gasteiger partial charge in [-0.1, -0.05) is 13.8 Å². The van der Waals surface area contributed by atoms with E-state index in [1.54, 1.807) is 12.1 Å². The minimum absolute atomic E-state index is 0.151. The molecule has 1 aliphatic rings. The number of thiophene rings is 1. The molecule has 1 aliphatic heterocycles. The van der Waals surface area contributed by atoms with Crippen LogP contribution < -0.4 is 21.8 Å². The highest BCUT2D eigenvalue weighted by molar-refractivity contribution is 14.1. The van der Waals surface area contributed by atoms with Crippen molar-refractivity contribution in [3.8, 4) is 0 Å². The van der Waals surface area contributed by atoms with Crippen molar-refractivity contribution >= 4 is 56.4 Å².